The van der Waals surface area contributed by atoms with Gasteiger partial charge in [0.15, 0.2) is 0 Å². The van der Waals surface area contributed by atoms with Crippen molar-refractivity contribution in [3.05, 3.63) is 57.3 Å². The van der Waals surface area contributed by atoms with Gasteiger partial charge in [-0.3, -0.25) is 4.79 Å². The van der Waals surface area contributed by atoms with Crippen LogP contribution in [0.5, 0.6) is 5.75 Å². The van der Waals surface area contributed by atoms with Gasteiger partial charge < -0.3 is 15.5 Å². The highest BCUT2D eigenvalue weighted by atomic mass is 16.5. The molecule has 1 heterocycles. The summed E-state index contributed by atoms with van der Waals surface area (Å²) in [5.74, 6) is 1.49. The lowest BCUT2D eigenvalue weighted by Gasteiger charge is -2.11. The number of hydrogen-bond donors (Lipinski definition) is 2. The van der Waals surface area contributed by atoms with Crippen molar-refractivity contribution in [2.75, 3.05) is 6.61 Å². The van der Waals surface area contributed by atoms with E-state index in [2.05, 4.69) is 9.97 Å². The van der Waals surface area contributed by atoms with Gasteiger partial charge >= 0.3 is 0 Å². The smallest absolute Gasteiger partial charge is 0.251 e. The Morgan fingerprint density at radius 3 is 2.65 bits per heavy atom. The zero-order chi connectivity index (χ0) is 14.5. The van der Waals surface area contributed by atoms with E-state index in [4.69, 9.17) is 10.5 Å². The van der Waals surface area contributed by atoms with E-state index in [1.165, 1.54) is 6.07 Å². The molecule has 0 spiro atoms. The Kier molecular flexibility index (Phi) is 4.53. The second kappa shape index (κ2) is 6.34. The highest BCUT2D eigenvalue weighted by Crippen LogP contribution is 2.22. The van der Waals surface area contributed by atoms with Crippen molar-refractivity contribution in [3.63, 3.8) is 0 Å². The molecule has 0 aliphatic heterocycles. The Morgan fingerprint density at radius 1 is 1.30 bits per heavy atom. The fourth-order valence-corrected chi connectivity index (χ4v) is 2.06. The van der Waals surface area contributed by atoms with Gasteiger partial charge in [0.05, 0.1) is 12.3 Å². The molecular formula is C15H19N3O2. The number of aromatic nitrogens is 2. The molecule has 0 aliphatic carbocycles. The molecule has 1 aromatic heterocycles. The summed E-state index contributed by atoms with van der Waals surface area (Å²) in [6.45, 7) is 4.74. The number of aryl methyl sites for hydroxylation is 2. The largest absolute Gasteiger partial charge is 0.493 e. The number of benzene rings is 1. The molecule has 5 heteroatoms. The number of nitrogens with one attached hydrogen (secondary N) is 1. The maximum Gasteiger partial charge on any atom is 0.251 e. The molecule has 1 aromatic carbocycles. The van der Waals surface area contributed by atoms with Crippen LogP contribution in [0.3, 0.4) is 0 Å². The average Bonchev–Trinajstić information content (AvgIpc) is 2.41. The molecule has 2 rings (SSSR count). The van der Waals surface area contributed by atoms with Crippen LogP contribution in [0, 0.1) is 13.8 Å². The molecule has 0 radical (unpaired) electrons. The van der Waals surface area contributed by atoms with E-state index < -0.39 is 0 Å². The highest BCUT2D eigenvalue weighted by molar-refractivity contribution is 5.39. The Labute approximate surface area is 117 Å². The molecule has 0 fully saturated rings. The second-order valence-corrected chi connectivity index (χ2v) is 4.71. The van der Waals surface area contributed by atoms with Gasteiger partial charge in [-0.05, 0) is 25.0 Å². The number of aromatic amines is 1. The first-order valence-corrected chi connectivity index (χ1v) is 6.58. The van der Waals surface area contributed by atoms with Gasteiger partial charge in [-0.25, -0.2) is 4.98 Å². The van der Waals surface area contributed by atoms with Crippen molar-refractivity contribution < 1.29 is 4.74 Å². The average molecular weight is 273 g/mol. The molecule has 2 aromatic rings. The third kappa shape index (κ3) is 3.45. The van der Waals surface area contributed by atoms with E-state index >= 15 is 0 Å². The van der Waals surface area contributed by atoms with Gasteiger partial charge in [-0.2, -0.15) is 0 Å². The van der Waals surface area contributed by atoms with Gasteiger partial charge in [0.25, 0.3) is 5.56 Å². The SMILES string of the molecule is Cc1cccc(C)c1OCCc1nc(CN)cc(=O)[nH]1. The molecule has 0 amide bonds. The van der Waals surface area contributed by atoms with Gasteiger partial charge in [0, 0.05) is 19.0 Å². The van der Waals surface area contributed by atoms with Crippen LogP contribution in [-0.4, -0.2) is 16.6 Å². The second-order valence-electron chi connectivity index (χ2n) is 4.71. The molecule has 0 saturated heterocycles. The fourth-order valence-electron chi connectivity index (χ4n) is 2.06. The molecular weight excluding hydrogens is 254 g/mol. The summed E-state index contributed by atoms with van der Waals surface area (Å²) < 4.78 is 5.79. The molecule has 3 N–H and O–H groups in total. The number of nitrogens with zero attached hydrogens (tertiary/aromatic N) is 1. The summed E-state index contributed by atoms with van der Waals surface area (Å²) in [6, 6.07) is 7.44. The van der Waals surface area contributed by atoms with Crippen LogP contribution in [0.2, 0.25) is 0 Å². The Bertz CT molecular complexity index is 630. The fraction of sp³-hybridized carbons (Fsp3) is 0.333. The minimum absolute atomic E-state index is 0.178. The van der Waals surface area contributed by atoms with E-state index in [0.29, 0.717) is 24.5 Å². The van der Waals surface area contributed by atoms with Crippen LogP contribution in [0.25, 0.3) is 0 Å². The maximum absolute atomic E-state index is 11.4. The number of para-hydroxylation sites is 1. The summed E-state index contributed by atoms with van der Waals surface area (Å²) in [5, 5.41) is 0. The molecule has 0 bridgehead atoms. The predicted octanol–water partition coefficient (Wildman–Crippen LogP) is 1.47. The van der Waals surface area contributed by atoms with Crippen molar-refractivity contribution in [2.24, 2.45) is 5.73 Å². The monoisotopic (exact) mass is 273 g/mol. The number of rotatable bonds is 5. The van der Waals surface area contributed by atoms with Crippen molar-refractivity contribution in [3.8, 4) is 5.75 Å². The zero-order valence-corrected chi connectivity index (χ0v) is 11.8. The van der Waals surface area contributed by atoms with Gasteiger partial charge in [-0.1, -0.05) is 18.2 Å². The summed E-state index contributed by atoms with van der Waals surface area (Å²) in [4.78, 5) is 18.4. The Morgan fingerprint density at radius 2 is 2.00 bits per heavy atom. The van der Waals surface area contributed by atoms with Gasteiger partial charge in [0.1, 0.15) is 11.6 Å². The molecule has 0 aliphatic rings. The van der Waals surface area contributed by atoms with Crippen LogP contribution in [-0.2, 0) is 13.0 Å². The molecule has 0 atom stereocenters. The summed E-state index contributed by atoms with van der Waals surface area (Å²) in [5.41, 5.74) is 8.11. The van der Waals surface area contributed by atoms with Gasteiger partial charge in [-0.15, -0.1) is 0 Å². The lowest BCUT2D eigenvalue weighted by molar-refractivity contribution is 0.314. The zero-order valence-electron chi connectivity index (χ0n) is 11.8. The van der Waals surface area contributed by atoms with E-state index in [-0.39, 0.29) is 12.1 Å². The van der Waals surface area contributed by atoms with Crippen LogP contribution >= 0.6 is 0 Å². The number of H-pyrrole nitrogens is 1. The third-order valence-corrected chi connectivity index (χ3v) is 3.05. The van der Waals surface area contributed by atoms with E-state index in [9.17, 15) is 4.79 Å². The molecule has 0 saturated carbocycles. The first-order valence-electron chi connectivity index (χ1n) is 6.58. The van der Waals surface area contributed by atoms with Crippen molar-refractivity contribution in [1.82, 2.24) is 9.97 Å². The van der Waals surface area contributed by atoms with Crippen LogP contribution in [0.1, 0.15) is 22.6 Å². The Hall–Kier alpha value is -2.14. The molecule has 5 nitrogen and oxygen atoms in total. The van der Waals surface area contributed by atoms with Crippen LogP contribution < -0.4 is 16.0 Å². The topological polar surface area (TPSA) is 81.0 Å². The lowest BCUT2D eigenvalue weighted by Crippen LogP contribution is -2.16. The number of hydrogen-bond acceptors (Lipinski definition) is 4. The first-order chi connectivity index (χ1) is 9.60. The summed E-state index contributed by atoms with van der Waals surface area (Å²) in [7, 11) is 0. The van der Waals surface area contributed by atoms with Crippen LogP contribution in [0.15, 0.2) is 29.1 Å². The van der Waals surface area contributed by atoms with Gasteiger partial charge in [0.2, 0.25) is 0 Å². The Balaban J connectivity index is 2.03. The lowest BCUT2D eigenvalue weighted by atomic mass is 10.1. The van der Waals surface area contributed by atoms with E-state index in [1.807, 2.05) is 32.0 Å². The van der Waals surface area contributed by atoms with Crippen molar-refractivity contribution in [2.45, 2.75) is 26.8 Å². The molecule has 20 heavy (non-hydrogen) atoms. The summed E-state index contributed by atoms with van der Waals surface area (Å²) in [6.07, 6.45) is 0.539. The molecule has 0 unspecified atom stereocenters. The predicted molar refractivity (Wildman–Crippen MR) is 77.9 cm³/mol. The van der Waals surface area contributed by atoms with Crippen LogP contribution in [0.4, 0.5) is 0 Å². The maximum atomic E-state index is 11.4. The minimum Gasteiger partial charge on any atom is -0.493 e. The first kappa shape index (κ1) is 14.3. The van der Waals surface area contributed by atoms with E-state index in [1.54, 1.807) is 0 Å². The van der Waals surface area contributed by atoms with Crippen molar-refractivity contribution in [1.29, 1.82) is 0 Å². The third-order valence-electron chi connectivity index (χ3n) is 3.05. The van der Waals surface area contributed by atoms with E-state index in [0.717, 1.165) is 16.9 Å². The number of ether oxygens (including phenoxy) is 1. The standard InChI is InChI=1S/C15H19N3O2/c1-10-4-3-5-11(2)15(10)20-7-6-13-17-12(9-16)8-14(19)18-13/h3-5,8H,6-7,9,16H2,1-2H3,(H,17,18,19). The van der Waals surface area contributed by atoms with Crippen molar-refractivity contribution >= 4 is 0 Å². The molecule has 106 valence electrons. The highest BCUT2D eigenvalue weighted by Gasteiger charge is 2.05. The minimum atomic E-state index is -0.178. The quantitative estimate of drug-likeness (QED) is 0.864. The normalized spacial score (nSPS) is 10.6. The summed E-state index contributed by atoms with van der Waals surface area (Å²) >= 11 is 0. The number of nitrogens with two attached hydrogens (primary N) is 1.